The van der Waals surface area contributed by atoms with E-state index in [1.54, 1.807) is 4.90 Å². The van der Waals surface area contributed by atoms with Crippen molar-refractivity contribution < 1.29 is 17.6 Å². The van der Waals surface area contributed by atoms with Crippen LogP contribution in [0.15, 0.2) is 86.4 Å². The van der Waals surface area contributed by atoms with Gasteiger partial charge in [-0.05, 0) is 112 Å². The minimum absolute atomic E-state index is 0.00918. The fraction of sp³-hybridized carbons (Fsp3) is 0.440. The fourth-order valence-electron chi connectivity index (χ4n) is 9.89. The highest BCUT2D eigenvalue weighted by Gasteiger charge is 2.45. The molecule has 13 heteroatoms. The van der Waals surface area contributed by atoms with E-state index in [1.807, 2.05) is 55.0 Å². The Balaban J connectivity index is 0.913. The number of allylic oxidation sites excluding steroid dienone is 2. The van der Waals surface area contributed by atoms with Gasteiger partial charge in [0.15, 0.2) is 6.29 Å². The Kier molecular flexibility index (Phi) is 12.5. The number of aryl methyl sites for hydroxylation is 2. The van der Waals surface area contributed by atoms with Crippen molar-refractivity contribution in [2.24, 2.45) is 18.9 Å². The van der Waals surface area contributed by atoms with E-state index < -0.39 is 35.9 Å². The Labute approximate surface area is 369 Å². The maximum absolute atomic E-state index is 15.9. The third kappa shape index (κ3) is 9.39. The normalized spacial score (nSPS) is 22.7. The zero-order valence-electron chi connectivity index (χ0n) is 37.1. The Hall–Kier alpha value is -5.56. The third-order valence-corrected chi connectivity index (χ3v) is 13.5. The van der Waals surface area contributed by atoms with Crippen LogP contribution in [0.3, 0.4) is 0 Å². The van der Waals surface area contributed by atoms with Gasteiger partial charge >= 0.3 is 0 Å². The number of hydrogen-bond acceptors (Lipinski definition) is 8. The summed E-state index contributed by atoms with van der Waals surface area (Å²) in [6.07, 6.45) is 7.39. The average molecular weight is 864 g/mol. The molecule has 2 bridgehead atoms. The molecule has 63 heavy (non-hydrogen) atoms. The topological polar surface area (TPSA) is 76.5 Å². The first-order valence-electron chi connectivity index (χ1n) is 22.3. The molecule has 6 heterocycles. The van der Waals surface area contributed by atoms with Gasteiger partial charge in [-0.15, -0.1) is 0 Å². The van der Waals surface area contributed by atoms with Crippen molar-refractivity contribution in [2.45, 2.75) is 83.3 Å². The van der Waals surface area contributed by atoms with Crippen molar-refractivity contribution in [3.63, 3.8) is 0 Å². The number of piperidine rings is 2. The lowest BCUT2D eigenvalue weighted by Gasteiger charge is -2.40. The number of benzene rings is 2. The highest BCUT2D eigenvalue weighted by Crippen LogP contribution is 2.40. The van der Waals surface area contributed by atoms with Crippen LogP contribution in [0.25, 0.3) is 22.7 Å². The summed E-state index contributed by atoms with van der Waals surface area (Å²) in [6.45, 7) is 22.2. The number of fused-ring (bicyclic) bond motifs is 7. The van der Waals surface area contributed by atoms with Gasteiger partial charge in [-0.2, -0.15) is 5.10 Å². The van der Waals surface area contributed by atoms with Crippen LogP contribution in [0.1, 0.15) is 85.0 Å². The van der Waals surface area contributed by atoms with Crippen LogP contribution < -0.4 is 20.9 Å². The van der Waals surface area contributed by atoms with Gasteiger partial charge in [-0.1, -0.05) is 45.7 Å². The van der Waals surface area contributed by atoms with Gasteiger partial charge in [0.1, 0.15) is 11.6 Å². The number of nitrogens with one attached hydrogen (secondary N) is 3. The van der Waals surface area contributed by atoms with Gasteiger partial charge in [-0.3, -0.25) is 14.6 Å². The number of anilines is 2. The Morgan fingerprint density at radius 3 is 2.51 bits per heavy atom. The predicted molar refractivity (Wildman–Crippen MR) is 246 cm³/mol. The van der Waals surface area contributed by atoms with Crippen LogP contribution in [0.4, 0.5) is 28.9 Å². The molecule has 4 aliphatic heterocycles. The molecule has 2 saturated heterocycles. The number of halogens is 4. The van der Waals surface area contributed by atoms with Crippen molar-refractivity contribution in [1.82, 2.24) is 35.2 Å². The summed E-state index contributed by atoms with van der Waals surface area (Å²) in [5.41, 5.74) is 11.0. The number of aromatic nitrogens is 3. The molecule has 2 aromatic carbocycles. The van der Waals surface area contributed by atoms with Crippen LogP contribution in [0, 0.1) is 30.4 Å². The summed E-state index contributed by atoms with van der Waals surface area (Å²) in [5, 5.41) is 14.9. The first-order valence-corrected chi connectivity index (χ1v) is 22.3. The molecule has 0 radical (unpaired) electrons. The lowest BCUT2D eigenvalue weighted by molar-refractivity contribution is -0.114. The molecule has 9 nitrogen and oxygen atoms in total. The summed E-state index contributed by atoms with van der Waals surface area (Å²) >= 11 is 0. The maximum Gasteiger partial charge on any atom is 0.265 e. The molecular formula is C50H61F4N9. The summed E-state index contributed by atoms with van der Waals surface area (Å²) in [6, 6.07) is 13.0. The maximum atomic E-state index is 15.9. The highest BCUT2D eigenvalue weighted by molar-refractivity contribution is 5.81. The first-order chi connectivity index (χ1) is 30.0. The molecule has 8 rings (SSSR count). The van der Waals surface area contributed by atoms with E-state index in [1.165, 1.54) is 17.8 Å². The molecule has 334 valence electrons. The van der Waals surface area contributed by atoms with E-state index >= 15 is 17.6 Å². The minimum atomic E-state index is -2.96. The van der Waals surface area contributed by atoms with Crippen molar-refractivity contribution in [1.29, 1.82) is 0 Å². The second-order valence-electron chi connectivity index (χ2n) is 18.3. The summed E-state index contributed by atoms with van der Waals surface area (Å²) in [5.74, 6) is -5.23. The van der Waals surface area contributed by atoms with Gasteiger partial charge in [-0.25, -0.2) is 17.6 Å². The largest absolute Gasteiger partial charge is 0.374 e. The Morgan fingerprint density at radius 1 is 0.984 bits per heavy atom. The van der Waals surface area contributed by atoms with Gasteiger partial charge in [0.25, 0.3) is 5.92 Å². The van der Waals surface area contributed by atoms with E-state index in [9.17, 15) is 0 Å². The Morgan fingerprint density at radius 2 is 1.76 bits per heavy atom. The van der Waals surface area contributed by atoms with E-state index in [0.717, 1.165) is 83.1 Å². The summed E-state index contributed by atoms with van der Waals surface area (Å²) in [7, 11) is 3.83. The molecule has 0 amide bonds. The van der Waals surface area contributed by atoms with Crippen LogP contribution >= 0.6 is 0 Å². The zero-order valence-corrected chi connectivity index (χ0v) is 37.1. The molecule has 0 saturated carbocycles. The quantitative estimate of drug-likeness (QED) is 0.151. The molecule has 3 N–H and O–H groups in total. The van der Waals surface area contributed by atoms with Crippen molar-refractivity contribution in [3.8, 4) is 11.3 Å². The predicted octanol–water partition coefficient (Wildman–Crippen LogP) is 9.80. The smallest absolute Gasteiger partial charge is 0.265 e. The van der Waals surface area contributed by atoms with Crippen LogP contribution in [-0.4, -0.2) is 76.5 Å². The van der Waals surface area contributed by atoms with Crippen LogP contribution in [0.5, 0.6) is 0 Å². The standard InChI is InChI=1S/C50H61F4N9/c1-30-11-9-10-12-46-41(26-55-61(46)8)45-24-38(21-32(3)57-45)33(4)58-49-59-44-16-14-37(25-47(44)63(49)27-30)35(6)60(7)28-39-18-20-62(29-50(39,53)54)19-17-36-22-42(51)48(43(52)23-36)40-15-13-31(2)56-34(40)5/h14,16,21-26,30,39-40,49,56,58-59H,2,4-6,9-13,15,17-20,27-29H2,1,3,7-8H3/t30-,39?,40?,49?/m1/s1. The number of likely N-dealkylation sites (tertiary alicyclic amines) is 1. The third-order valence-electron chi connectivity index (χ3n) is 13.5. The van der Waals surface area contributed by atoms with Crippen LogP contribution in [0.2, 0.25) is 0 Å². The molecule has 4 aromatic rings. The number of hydrogen-bond donors (Lipinski definition) is 3. The van der Waals surface area contributed by atoms with Gasteiger partial charge in [0.05, 0.1) is 29.8 Å². The second-order valence-corrected chi connectivity index (χ2v) is 18.3. The van der Waals surface area contributed by atoms with Crippen molar-refractivity contribution >= 4 is 22.8 Å². The van der Waals surface area contributed by atoms with Crippen LogP contribution in [-0.2, 0) is 19.9 Å². The lowest BCUT2D eigenvalue weighted by Crippen LogP contribution is -2.51. The first kappa shape index (κ1) is 44.1. The fourth-order valence-corrected chi connectivity index (χ4v) is 9.89. The zero-order chi connectivity index (χ0) is 44.7. The minimum Gasteiger partial charge on any atom is -0.374 e. The molecule has 0 spiro atoms. The van der Waals surface area contributed by atoms with Gasteiger partial charge < -0.3 is 25.8 Å². The van der Waals surface area contributed by atoms with E-state index in [4.69, 9.17) is 4.98 Å². The SMILES string of the molecule is C=C1CCC(c2c(F)cc(CCN3CCC(CN(C)C(=C)c4ccc5c(c4)N4C[C@H](C)CCCCc6c(cnn6C)-c6cc(cc(C)n6)C(=C)NC4N5)C(F)(F)C3)cc2F)C(=C)N1. The average Bonchev–Trinajstić information content (AvgIpc) is 3.76. The van der Waals surface area contributed by atoms with Crippen molar-refractivity contribution in [2.75, 3.05) is 50.0 Å². The number of rotatable bonds is 8. The summed E-state index contributed by atoms with van der Waals surface area (Å²) < 4.78 is 64.3. The van der Waals surface area contributed by atoms with Crippen molar-refractivity contribution in [3.05, 3.63) is 132 Å². The van der Waals surface area contributed by atoms with E-state index in [0.29, 0.717) is 42.3 Å². The molecule has 2 fully saturated rings. The molecule has 2 aromatic heterocycles. The molecule has 0 aliphatic carbocycles. The van der Waals surface area contributed by atoms with Gasteiger partial charge in [0, 0.05) is 96.4 Å². The lowest BCUT2D eigenvalue weighted by atomic mass is 9.86. The number of nitrogens with zero attached hydrogens (tertiary/aromatic N) is 6. The number of alkyl halides is 2. The molecule has 3 unspecified atom stereocenters. The second kappa shape index (κ2) is 17.9. The Bertz CT molecular complexity index is 2400. The summed E-state index contributed by atoms with van der Waals surface area (Å²) in [4.78, 5) is 10.8. The van der Waals surface area contributed by atoms with E-state index in [2.05, 4.69) is 71.3 Å². The molecular weight excluding hydrogens is 803 g/mol. The highest BCUT2D eigenvalue weighted by atomic mass is 19.3. The van der Waals surface area contributed by atoms with Gasteiger partial charge in [0.2, 0.25) is 0 Å². The monoisotopic (exact) mass is 863 g/mol. The molecule has 4 atom stereocenters. The molecule has 4 aliphatic rings. The number of pyridine rings is 1. The van der Waals surface area contributed by atoms with E-state index in [-0.39, 0.29) is 37.8 Å².